The Morgan fingerprint density at radius 3 is 2.36 bits per heavy atom. The molecule has 2 aliphatic rings. The molecule has 3 aromatic heterocycles. The number of urea groups is 1. The van der Waals surface area contributed by atoms with E-state index in [1.54, 1.807) is 35.7 Å². The van der Waals surface area contributed by atoms with Crippen LogP contribution in [0, 0.1) is 0 Å². The maximum absolute atomic E-state index is 12.4. The van der Waals surface area contributed by atoms with Gasteiger partial charge in [-0.1, -0.05) is 0 Å². The van der Waals surface area contributed by atoms with Crippen molar-refractivity contribution in [2.24, 2.45) is 0 Å². The molecule has 16 heteroatoms. The summed E-state index contributed by atoms with van der Waals surface area (Å²) in [5.41, 5.74) is 1.38. The number of carbonyl (C=O) groups excluding carboxylic acids is 1. The number of nitrogens with one attached hydrogen (secondary N) is 2. The molecule has 0 bridgehead atoms. The van der Waals surface area contributed by atoms with Gasteiger partial charge in [-0.3, -0.25) is 10.2 Å². The van der Waals surface area contributed by atoms with E-state index in [0.717, 1.165) is 21.9 Å². The number of hydrogen-bond acceptors (Lipinski definition) is 12. The third kappa shape index (κ3) is 7.51. The minimum atomic E-state index is -3.16. The van der Waals surface area contributed by atoms with Crippen LogP contribution >= 0.6 is 11.3 Å². The molecule has 0 radical (unpaired) electrons. The Morgan fingerprint density at radius 1 is 0.909 bits per heavy atom. The van der Waals surface area contributed by atoms with Gasteiger partial charge in [0.1, 0.15) is 12.1 Å². The number of carbonyl (C=O) groups is 1. The molecule has 2 N–H and O–H groups in total. The van der Waals surface area contributed by atoms with Crippen molar-refractivity contribution in [3.05, 3.63) is 59.9 Å². The van der Waals surface area contributed by atoms with Gasteiger partial charge in [-0.05, 0) is 42.5 Å². The first-order valence-corrected chi connectivity index (χ1v) is 16.8. The van der Waals surface area contributed by atoms with Gasteiger partial charge in [0.25, 0.3) is 0 Å². The standard InChI is InChI=1S/C28H32N10O4S2/c1-44(40,41)38-12-10-36(11-13-38)18-22-6-7-23(43-22)26-33-25(34-27(35-26)37-14-16-42-17-15-37)20-2-4-21(5-3-20)31-28(39)32-24-8-9-29-19-30-24/h2-9,19H,10-18H2,1H3,(H2,29,30,31,32,39). The predicted molar refractivity (Wildman–Crippen MR) is 168 cm³/mol. The molecule has 2 fully saturated rings. The van der Waals surface area contributed by atoms with Crippen molar-refractivity contribution in [3.8, 4) is 22.1 Å². The molecule has 44 heavy (non-hydrogen) atoms. The molecule has 6 rings (SSSR count). The molecule has 0 aliphatic carbocycles. The summed E-state index contributed by atoms with van der Waals surface area (Å²) in [6, 6.07) is 12.6. The fourth-order valence-electron chi connectivity index (χ4n) is 4.88. The van der Waals surface area contributed by atoms with Gasteiger partial charge in [-0.15, -0.1) is 11.3 Å². The quantitative estimate of drug-likeness (QED) is 0.293. The Labute approximate surface area is 259 Å². The molecule has 1 aromatic carbocycles. The van der Waals surface area contributed by atoms with E-state index in [2.05, 4.69) is 36.5 Å². The normalized spacial score (nSPS) is 16.5. The van der Waals surface area contributed by atoms with E-state index in [1.165, 1.54) is 16.9 Å². The van der Waals surface area contributed by atoms with Crippen molar-refractivity contribution < 1.29 is 17.9 Å². The topological polar surface area (TPSA) is 159 Å². The number of anilines is 3. The molecule has 0 saturated carbocycles. The van der Waals surface area contributed by atoms with Gasteiger partial charge in [0.15, 0.2) is 11.6 Å². The molecule has 2 amide bonds. The van der Waals surface area contributed by atoms with Crippen molar-refractivity contribution >= 4 is 44.8 Å². The smallest absolute Gasteiger partial charge is 0.324 e. The van der Waals surface area contributed by atoms with Gasteiger partial charge in [0.05, 0.1) is 24.3 Å². The summed E-state index contributed by atoms with van der Waals surface area (Å²) in [5, 5.41) is 5.46. The highest BCUT2D eigenvalue weighted by Gasteiger charge is 2.24. The van der Waals surface area contributed by atoms with Crippen LogP contribution in [0.1, 0.15) is 4.88 Å². The number of amides is 2. The lowest BCUT2D eigenvalue weighted by Crippen LogP contribution is -2.47. The van der Waals surface area contributed by atoms with Crippen LogP contribution in [0.4, 0.5) is 22.2 Å². The molecule has 14 nitrogen and oxygen atoms in total. The van der Waals surface area contributed by atoms with Crippen LogP contribution in [0.5, 0.6) is 0 Å². The first-order valence-electron chi connectivity index (χ1n) is 14.1. The van der Waals surface area contributed by atoms with Crippen LogP contribution in [0.3, 0.4) is 0 Å². The second kappa shape index (κ2) is 13.3. The Kier molecular flexibility index (Phi) is 9.04. The monoisotopic (exact) mass is 636 g/mol. The molecule has 2 aliphatic heterocycles. The number of piperazine rings is 1. The molecular weight excluding hydrogens is 605 g/mol. The molecule has 5 heterocycles. The summed E-state index contributed by atoms with van der Waals surface area (Å²) in [6.45, 7) is 5.66. The van der Waals surface area contributed by atoms with Gasteiger partial charge in [-0.2, -0.15) is 14.3 Å². The van der Waals surface area contributed by atoms with E-state index < -0.39 is 16.1 Å². The number of ether oxygens (including phenoxy) is 1. The lowest BCUT2D eigenvalue weighted by Gasteiger charge is -2.32. The molecular formula is C28H32N10O4S2. The van der Waals surface area contributed by atoms with E-state index in [4.69, 9.17) is 19.7 Å². The Balaban J connectivity index is 1.19. The molecule has 2 saturated heterocycles. The van der Waals surface area contributed by atoms with Crippen LogP contribution < -0.4 is 15.5 Å². The van der Waals surface area contributed by atoms with Crippen LogP contribution in [-0.4, -0.2) is 107 Å². The summed E-state index contributed by atoms with van der Waals surface area (Å²) < 4.78 is 30.8. The van der Waals surface area contributed by atoms with Crippen LogP contribution in [0.2, 0.25) is 0 Å². The summed E-state index contributed by atoms with van der Waals surface area (Å²) in [5.74, 6) is 2.10. The average Bonchev–Trinajstić information content (AvgIpc) is 3.50. The number of aromatic nitrogens is 5. The molecule has 0 spiro atoms. The highest BCUT2D eigenvalue weighted by Crippen LogP contribution is 2.30. The minimum absolute atomic E-state index is 0.397. The van der Waals surface area contributed by atoms with Crippen molar-refractivity contribution in [2.75, 3.05) is 74.3 Å². The maximum Gasteiger partial charge on any atom is 0.324 e. The van der Waals surface area contributed by atoms with Gasteiger partial charge in [-0.25, -0.2) is 28.2 Å². The zero-order valence-corrected chi connectivity index (χ0v) is 25.7. The van der Waals surface area contributed by atoms with Crippen molar-refractivity contribution in [3.63, 3.8) is 0 Å². The zero-order valence-electron chi connectivity index (χ0n) is 24.1. The second-order valence-electron chi connectivity index (χ2n) is 10.3. The van der Waals surface area contributed by atoms with Crippen molar-refractivity contribution in [2.45, 2.75) is 6.54 Å². The molecule has 4 aromatic rings. The lowest BCUT2D eigenvalue weighted by molar-refractivity contribution is 0.122. The summed E-state index contributed by atoms with van der Waals surface area (Å²) in [7, 11) is -3.16. The van der Waals surface area contributed by atoms with Gasteiger partial charge in [0, 0.05) is 68.1 Å². The lowest BCUT2D eigenvalue weighted by atomic mass is 10.2. The highest BCUT2D eigenvalue weighted by molar-refractivity contribution is 7.88. The SMILES string of the molecule is CS(=O)(=O)N1CCN(Cc2ccc(-c3nc(-c4ccc(NC(=O)Nc5ccncn5)cc4)nc(N4CCOCC4)n3)s2)CC1. The van der Waals surface area contributed by atoms with E-state index in [1.807, 2.05) is 18.2 Å². The summed E-state index contributed by atoms with van der Waals surface area (Å²) in [6.07, 6.45) is 4.17. The summed E-state index contributed by atoms with van der Waals surface area (Å²) in [4.78, 5) is 41.1. The van der Waals surface area contributed by atoms with Gasteiger partial charge < -0.3 is 15.0 Å². The van der Waals surface area contributed by atoms with E-state index >= 15 is 0 Å². The van der Waals surface area contributed by atoms with Crippen LogP contribution in [0.25, 0.3) is 22.1 Å². The van der Waals surface area contributed by atoms with Crippen LogP contribution in [-0.2, 0) is 21.3 Å². The number of rotatable bonds is 8. The third-order valence-corrected chi connectivity index (χ3v) is 9.57. The number of thiophene rings is 1. The number of nitrogens with zero attached hydrogens (tertiary/aromatic N) is 8. The Hall–Kier alpha value is -4.09. The Morgan fingerprint density at radius 2 is 1.66 bits per heavy atom. The molecule has 230 valence electrons. The van der Waals surface area contributed by atoms with Crippen molar-refractivity contribution in [1.29, 1.82) is 0 Å². The minimum Gasteiger partial charge on any atom is -0.378 e. The maximum atomic E-state index is 12.4. The number of morpholine rings is 1. The molecule has 0 unspecified atom stereocenters. The first-order chi connectivity index (χ1) is 21.3. The fraction of sp³-hybridized carbons (Fsp3) is 0.357. The van der Waals surface area contributed by atoms with E-state index in [-0.39, 0.29) is 0 Å². The third-order valence-electron chi connectivity index (χ3n) is 7.20. The number of sulfonamides is 1. The summed E-state index contributed by atoms with van der Waals surface area (Å²) >= 11 is 1.62. The number of benzene rings is 1. The van der Waals surface area contributed by atoms with Crippen molar-refractivity contribution in [1.82, 2.24) is 34.1 Å². The average molecular weight is 637 g/mol. The van der Waals surface area contributed by atoms with E-state index in [9.17, 15) is 13.2 Å². The second-order valence-corrected chi connectivity index (χ2v) is 13.5. The number of hydrogen-bond donors (Lipinski definition) is 2. The predicted octanol–water partition coefficient (Wildman–Crippen LogP) is 2.61. The van der Waals surface area contributed by atoms with E-state index in [0.29, 0.717) is 81.6 Å². The van der Waals surface area contributed by atoms with Gasteiger partial charge in [0.2, 0.25) is 16.0 Å². The largest absolute Gasteiger partial charge is 0.378 e. The molecule has 0 atom stereocenters. The first kappa shape index (κ1) is 30.0. The highest BCUT2D eigenvalue weighted by atomic mass is 32.2. The zero-order chi connectivity index (χ0) is 30.5. The van der Waals surface area contributed by atoms with Crippen LogP contribution in [0.15, 0.2) is 55.0 Å². The fourth-order valence-corrected chi connectivity index (χ4v) is 6.69. The van der Waals surface area contributed by atoms with Gasteiger partial charge >= 0.3 is 6.03 Å². The Bertz CT molecular complexity index is 1690.